The number of carbonyl (C=O) groups is 1. The summed E-state index contributed by atoms with van der Waals surface area (Å²) in [5.74, 6) is 0.750. The topological polar surface area (TPSA) is 58.1 Å². The van der Waals surface area contributed by atoms with Crippen LogP contribution in [-0.2, 0) is 4.79 Å². The fourth-order valence-electron chi connectivity index (χ4n) is 2.77. The number of halogens is 2. The first kappa shape index (κ1) is 17.0. The van der Waals surface area contributed by atoms with Crippen molar-refractivity contribution in [2.45, 2.75) is 19.8 Å². The Morgan fingerprint density at radius 1 is 1.12 bits per heavy atom. The number of aromatic nitrogens is 2. The van der Waals surface area contributed by atoms with E-state index in [2.05, 4.69) is 20.4 Å². The maximum Gasteiger partial charge on any atom is 0.227 e. The van der Waals surface area contributed by atoms with Crippen molar-refractivity contribution in [3.63, 3.8) is 0 Å². The highest BCUT2D eigenvalue weighted by molar-refractivity contribution is 6.39. The summed E-state index contributed by atoms with van der Waals surface area (Å²) in [6.07, 6.45) is 1.51. The van der Waals surface area contributed by atoms with Crippen LogP contribution in [0.2, 0.25) is 10.0 Å². The molecule has 5 nitrogen and oxygen atoms in total. The van der Waals surface area contributed by atoms with Gasteiger partial charge in [-0.2, -0.15) is 5.10 Å². The Morgan fingerprint density at radius 2 is 1.79 bits per heavy atom. The lowest BCUT2D eigenvalue weighted by molar-refractivity contribution is -0.120. The number of rotatable bonds is 3. The monoisotopic (exact) mass is 364 g/mol. The Bertz CT molecular complexity index is 708. The largest absolute Gasteiger partial charge is 0.355 e. The second-order valence-corrected chi connectivity index (χ2v) is 6.69. The molecule has 1 aliphatic heterocycles. The van der Waals surface area contributed by atoms with Gasteiger partial charge in [-0.15, -0.1) is 5.10 Å². The van der Waals surface area contributed by atoms with Crippen molar-refractivity contribution in [3.8, 4) is 0 Å². The first-order valence-electron chi connectivity index (χ1n) is 7.85. The van der Waals surface area contributed by atoms with Crippen molar-refractivity contribution < 1.29 is 4.79 Å². The zero-order valence-corrected chi connectivity index (χ0v) is 14.8. The van der Waals surface area contributed by atoms with E-state index in [1.807, 2.05) is 19.1 Å². The molecule has 24 heavy (non-hydrogen) atoms. The summed E-state index contributed by atoms with van der Waals surface area (Å²) in [5.41, 5.74) is 1.38. The lowest BCUT2D eigenvalue weighted by atomic mass is 9.96. The van der Waals surface area contributed by atoms with Crippen LogP contribution in [0, 0.1) is 12.8 Å². The highest BCUT2D eigenvalue weighted by Crippen LogP contribution is 2.31. The van der Waals surface area contributed by atoms with Crippen LogP contribution in [0.1, 0.15) is 18.5 Å². The zero-order chi connectivity index (χ0) is 17.1. The molecule has 1 N–H and O–H groups in total. The number of nitrogens with one attached hydrogen (secondary N) is 1. The molecule has 1 saturated heterocycles. The third-order valence-electron chi connectivity index (χ3n) is 4.18. The van der Waals surface area contributed by atoms with Crippen LogP contribution in [0.3, 0.4) is 0 Å². The standard InChI is InChI=1S/C17H18Cl2N4O/c1-11-5-6-15(22-21-11)23-9-7-12(8-10-23)17(24)20-16-13(18)3-2-4-14(16)19/h2-6,12H,7-10H2,1H3,(H,20,24). The van der Waals surface area contributed by atoms with Crippen LogP contribution >= 0.6 is 23.2 Å². The maximum atomic E-state index is 12.5. The summed E-state index contributed by atoms with van der Waals surface area (Å²) in [4.78, 5) is 14.6. The molecule has 0 spiro atoms. The minimum Gasteiger partial charge on any atom is -0.355 e. The average molecular weight is 365 g/mol. The summed E-state index contributed by atoms with van der Waals surface area (Å²) < 4.78 is 0. The normalized spacial score (nSPS) is 15.4. The quantitative estimate of drug-likeness (QED) is 0.895. The van der Waals surface area contributed by atoms with Crippen LogP contribution < -0.4 is 10.2 Å². The van der Waals surface area contributed by atoms with Crippen molar-refractivity contribution in [2.75, 3.05) is 23.3 Å². The van der Waals surface area contributed by atoms with Crippen molar-refractivity contribution in [3.05, 3.63) is 46.1 Å². The van der Waals surface area contributed by atoms with Crippen molar-refractivity contribution in [1.29, 1.82) is 0 Å². The summed E-state index contributed by atoms with van der Waals surface area (Å²) in [6.45, 7) is 3.45. The smallest absolute Gasteiger partial charge is 0.227 e. The van der Waals surface area contributed by atoms with Crippen LogP contribution in [-0.4, -0.2) is 29.2 Å². The van der Waals surface area contributed by atoms with E-state index in [4.69, 9.17) is 23.2 Å². The average Bonchev–Trinajstić information content (AvgIpc) is 2.59. The second-order valence-electron chi connectivity index (χ2n) is 5.88. The van der Waals surface area contributed by atoms with E-state index in [1.54, 1.807) is 18.2 Å². The first-order chi connectivity index (χ1) is 11.5. The van der Waals surface area contributed by atoms with Gasteiger partial charge in [-0.3, -0.25) is 4.79 Å². The number of amides is 1. The highest BCUT2D eigenvalue weighted by Gasteiger charge is 2.26. The van der Waals surface area contributed by atoms with Gasteiger partial charge in [0, 0.05) is 19.0 Å². The molecule has 0 atom stereocenters. The second kappa shape index (κ2) is 7.36. The number of carbonyl (C=O) groups excluding carboxylic acids is 1. The summed E-state index contributed by atoms with van der Waals surface area (Å²) in [6, 6.07) is 9.08. The summed E-state index contributed by atoms with van der Waals surface area (Å²) in [7, 11) is 0. The van der Waals surface area contributed by atoms with Crippen molar-refractivity contribution in [1.82, 2.24) is 10.2 Å². The Labute approximate surface area is 151 Å². The molecule has 1 fully saturated rings. The van der Waals surface area contributed by atoms with E-state index in [9.17, 15) is 4.79 Å². The number of hydrogen-bond acceptors (Lipinski definition) is 4. The Morgan fingerprint density at radius 3 is 2.38 bits per heavy atom. The molecule has 0 unspecified atom stereocenters. The Balaban J connectivity index is 1.60. The SMILES string of the molecule is Cc1ccc(N2CCC(C(=O)Nc3c(Cl)cccc3Cl)CC2)nn1. The molecule has 2 aromatic rings. The molecule has 3 rings (SSSR count). The third kappa shape index (κ3) is 3.79. The minimum absolute atomic E-state index is 0.0420. The number of benzene rings is 1. The van der Waals surface area contributed by atoms with Crippen LogP contribution in [0.15, 0.2) is 30.3 Å². The fraction of sp³-hybridized carbons (Fsp3) is 0.353. The number of para-hydroxylation sites is 1. The van der Waals surface area contributed by atoms with E-state index in [-0.39, 0.29) is 11.8 Å². The molecule has 0 radical (unpaired) electrons. The Kier molecular flexibility index (Phi) is 5.21. The van der Waals surface area contributed by atoms with E-state index >= 15 is 0 Å². The zero-order valence-electron chi connectivity index (χ0n) is 13.3. The molecule has 7 heteroatoms. The van der Waals surface area contributed by atoms with Gasteiger partial charge in [0.2, 0.25) is 5.91 Å². The van der Waals surface area contributed by atoms with E-state index in [0.29, 0.717) is 15.7 Å². The molecule has 1 amide bonds. The van der Waals surface area contributed by atoms with Gasteiger partial charge in [-0.05, 0) is 44.0 Å². The van der Waals surface area contributed by atoms with Gasteiger partial charge < -0.3 is 10.2 Å². The van der Waals surface area contributed by atoms with Crippen LogP contribution in [0.5, 0.6) is 0 Å². The van der Waals surface area contributed by atoms with Crippen molar-refractivity contribution in [2.24, 2.45) is 5.92 Å². The third-order valence-corrected chi connectivity index (χ3v) is 4.81. The van der Waals surface area contributed by atoms with Gasteiger partial charge in [-0.25, -0.2) is 0 Å². The predicted molar refractivity (Wildman–Crippen MR) is 96.8 cm³/mol. The molecule has 1 aromatic carbocycles. The molecule has 126 valence electrons. The van der Waals surface area contributed by atoms with Gasteiger partial charge in [0.25, 0.3) is 0 Å². The van der Waals surface area contributed by atoms with E-state index in [1.165, 1.54) is 0 Å². The van der Waals surface area contributed by atoms with Gasteiger partial charge in [-0.1, -0.05) is 29.3 Å². The summed E-state index contributed by atoms with van der Waals surface area (Å²) >= 11 is 12.2. The van der Waals surface area contributed by atoms with Crippen LogP contribution in [0.4, 0.5) is 11.5 Å². The molecule has 0 bridgehead atoms. The number of piperidine rings is 1. The summed E-state index contributed by atoms with van der Waals surface area (Å²) in [5, 5.41) is 12.0. The lowest BCUT2D eigenvalue weighted by Gasteiger charge is -2.31. The molecular weight excluding hydrogens is 347 g/mol. The van der Waals surface area contributed by atoms with Crippen LogP contribution in [0.25, 0.3) is 0 Å². The van der Waals surface area contributed by atoms with E-state index in [0.717, 1.165) is 37.4 Å². The number of aryl methyl sites for hydroxylation is 1. The maximum absolute atomic E-state index is 12.5. The van der Waals surface area contributed by atoms with Gasteiger partial charge in [0.1, 0.15) is 0 Å². The molecule has 1 aliphatic rings. The number of anilines is 2. The predicted octanol–water partition coefficient (Wildman–Crippen LogP) is 3.95. The van der Waals surface area contributed by atoms with Gasteiger partial charge in [0.05, 0.1) is 21.4 Å². The van der Waals surface area contributed by atoms with E-state index < -0.39 is 0 Å². The molecule has 2 heterocycles. The number of nitrogens with zero attached hydrogens (tertiary/aromatic N) is 3. The minimum atomic E-state index is -0.0630. The Hall–Kier alpha value is -1.85. The lowest BCUT2D eigenvalue weighted by Crippen LogP contribution is -2.38. The molecular formula is C17H18Cl2N4O. The molecule has 1 aromatic heterocycles. The highest BCUT2D eigenvalue weighted by atomic mass is 35.5. The first-order valence-corrected chi connectivity index (χ1v) is 8.60. The van der Waals surface area contributed by atoms with Crippen molar-refractivity contribution >= 4 is 40.6 Å². The molecule has 0 aliphatic carbocycles. The number of hydrogen-bond donors (Lipinski definition) is 1. The van der Waals surface area contributed by atoms with Gasteiger partial charge >= 0.3 is 0 Å². The fourth-order valence-corrected chi connectivity index (χ4v) is 3.27. The van der Waals surface area contributed by atoms with Gasteiger partial charge in [0.15, 0.2) is 5.82 Å². The molecule has 0 saturated carbocycles.